The van der Waals surface area contributed by atoms with Gasteiger partial charge in [-0.2, -0.15) is 0 Å². The molecule has 0 aliphatic rings. The van der Waals surface area contributed by atoms with E-state index in [1.54, 1.807) is 24.3 Å². The minimum atomic E-state index is -3.82. The number of nitrogens with zero attached hydrogens (tertiary/aromatic N) is 2. The number of sulfonamides is 1. The Balaban J connectivity index is 2.04. The monoisotopic (exact) mass is 555 g/mol. The van der Waals surface area contributed by atoms with Crippen LogP contribution in [-0.2, 0) is 32.6 Å². The molecule has 1 atom stereocenters. The second kappa shape index (κ2) is 12.5. The summed E-state index contributed by atoms with van der Waals surface area (Å²) in [5.74, 6) is -0.817. The van der Waals surface area contributed by atoms with Crippen molar-refractivity contribution in [1.29, 1.82) is 0 Å². The summed E-state index contributed by atoms with van der Waals surface area (Å²) >= 11 is 6.00. The van der Waals surface area contributed by atoms with E-state index in [2.05, 4.69) is 5.32 Å². The lowest BCUT2D eigenvalue weighted by Crippen LogP contribution is -2.56. The Kier molecular flexibility index (Phi) is 9.57. The van der Waals surface area contributed by atoms with Crippen molar-refractivity contribution < 1.29 is 18.0 Å². The van der Waals surface area contributed by atoms with Gasteiger partial charge in [0.05, 0.1) is 11.9 Å². The first-order valence-corrected chi connectivity index (χ1v) is 14.5. The zero-order chi connectivity index (χ0) is 27.9. The minimum Gasteiger partial charge on any atom is -0.350 e. The van der Waals surface area contributed by atoms with Crippen LogP contribution in [0, 0.1) is 0 Å². The van der Waals surface area contributed by atoms with Gasteiger partial charge in [-0.25, -0.2) is 8.42 Å². The van der Waals surface area contributed by atoms with E-state index in [0.717, 1.165) is 21.7 Å². The van der Waals surface area contributed by atoms with Crippen molar-refractivity contribution in [3.05, 3.63) is 101 Å². The number of rotatable bonds is 10. The number of hydrogen-bond donors (Lipinski definition) is 1. The third-order valence-electron chi connectivity index (χ3n) is 5.76. The largest absolute Gasteiger partial charge is 0.350 e. The molecule has 0 spiro atoms. The summed E-state index contributed by atoms with van der Waals surface area (Å²) in [7, 11) is -3.82. The van der Waals surface area contributed by atoms with E-state index in [-0.39, 0.29) is 18.9 Å². The third kappa shape index (κ3) is 8.60. The second-order valence-electron chi connectivity index (χ2n) is 10.2. The molecule has 0 aliphatic carbocycles. The first-order chi connectivity index (χ1) is 17.8. The maximum atomic E-state index is 14.0. The van der Waals surface area contributed by atoms with Crippen molar-refractivity contribution >= 4 is 39.1 Å². The van der Waals surface area contributed by atoms with Gasteiger partial charge in [-0.1, -0.05) is 72.3 Å². The predicted molar refractivity (Wildman–Crippen MR) is 152 cm³/mol. The molecule has 3 rings (SSSR count). The summed E-state index contributed by atoms with van der Waals surface area (Å²) < 4.78 is 26.5. The maximum Gasteiger partial charge on any atom is 0.244 e. The van der Waals surface area contributed by atoms with Crippen molar-refractivity contribution in [2.45, 2.75) is 45.3 Å². The normalized spacial score (nSPS) is 12.4. The first kappa shape index (κ1) is 29.2. The van der Waals surface area contributed by atoms with E-state index in [0.29, 0.717) is 10.7 Å². The fraction of sp³-hybridized carbons (Fsp3) is 0.310. The van der Waals surface area contributed by atoms with E-state index >= 15 is 0 Å². The Morgan fingerprint density at radius 1 is 0.868 bits per heavy atom. The van der Waals surface area contributed by atoms with Gasteiger partial charge in [-0.05, 0) is 56.2 Å². The minimum absolute atomic E-state index is 0.132. The SMILES string of the molecule is CC(C)(C)NC(=O)[C@H](Cc1ccccc1)N(Cc1ccccc1)C(=O)CN(c1ccc(Cl)cc1)S(C)(=O)=O. The van der Waals surface area contributed by atoms with Gasteiger partial charge >= 0.3 is 0 Å². The fourth-order valence-corrected chi connectivity index (χ4v) is 4.98. The second-order valence-corrected chi connectivity index (χ2v) is 12.5. The molecule has 1 N–H and O–H groups in total. The average molecular weight is 556 g/mol. The van der Waals surface area contributed by atoms with E-state index in [4.69, 9.17) is 11.6 Å². The van der Waals surface area contributed by atoms with E-state index < -0.39 is 34.1 Å². The average Bonchev–Trinajstić information content (AvgIpc) is 2.84. The Labute approximate surface area is 230 Å². The van der Waals surface area contributed by atoms with Gasteiger partial charge in [0.15, 0.2) is 0 Å². The first-order valence-electron chi connectivity index (χ1n) is 12.3. The molecule has 0 saturated carbocycles. The molecule has 3 aromatic carbocycles. The molecular formula is C29H34ClN3O4S. The van der Waals surface area contributed by atoms with Gasteiger partial charge in [0.2, 0.25) is 21.8 Å². The Morgan fingerprint density at radius 2 is 1.39 bits per heavy atom. The van der Waals surface area contributed by atoms with Crippen LogP contribution in [0.5, 0.6) is 0 Å². The number of anilines is 1. The van der Waals surface area contributed by atoms with Crippen LogP contribution in [0.15, 0.2) is 84.9 Å². The molecule has 0 radical (unpaired) electrons. The highest BCUT2D eigenvalue weighted by Gasteiger charge is 2.34. The molecule has 0 aliphatic heterocycles. The molecular weight excluding hydrogens is 522 g/mol. The Hall–Kier alpha value is -3.36. The fourth-order valence-electron chi connectivity index (χ4n) is 4.01. The molecule has 2 amide bonds. The third-order valence-corrected chi connectivity index (χ3v) is 7.15. The lowest BCUT2D eigenvalue weighted by Gasteiger charge is -2.35. The van der Waals surface area contributed by atoms with Crippen LogP contribution in [-0.4, -0.2) is 49.5 Å². The Morgan fingerprint density at radius 3 is 1.89 bits per heavy atom. The summed E-state index contributed by atoms with van der Waals surface area (Å²) in [5.41, 5.74) is 1.48. The molecule has 202 valence electrons. The van der Waals surface area contributed by atoms with Crippen molar-refractivity contribution in [3.8, 4) is 0 Å². The lowest BCUT2D eigenvalue weighted by molar-refractivity contribution is -0.140. The summed E-state index contributed by atoms with van der Waals surface area (Å²) in [5, 5.41) is 3.45. The van der Waals surface area contributed by atoms with Crippen LogP contribution in [0.25, 0.3) is 0 Å². The van der Waals surface area contributed by atoms with Gasteiger partial charge in [0.25, 0.3) is 0 Å². The Bertz CT molecular complexity index is 1330. The van der Waals surface area contributed by atoms with Crippen molar-refractivity contribution in [2.75, 3.05) is 17.1 Å². The number of hydrogen-bond acceptors (Lipinski definition) is 4. The zero-order valence-electron chi connectivity index (χ0n) is 22.1. The number of amides is 2. The van der Waals surface area contributed by atoms with Crippen LogP contribution in [0.1, 0.15) is 31.9 Å². The predicted octanol–water partition coefficient (Wildman–Crippen LogP) is 4.66. The summed E-state index contributed by atoms with van der Waals surface area (Å²) in [6.07, 6.45) is 1.31. The van der Waals surface area contributed by atoms with E-state index in [9.17, 15) is 18.0 Å². The number of halogens is 1. The molecule has 0 unspecified atom stereocenters. The standard InChI is InChI=1S/C29H34ClN3O4S/c1-29(2,3)31-28(35)26(19-22-11-7-5-8-12-22)32(20-23-13-9-6-10-14-23)27(34)21-33(38(4,36)37)25-17-15-24(30)16-18-25/h5-18,26H,19-21H2,1-4H3,(H,31,35)/t26-/m0/s1. The number of nitrogens with one attached hydrogen (secondary N) is 1. The van der Waals surface area contributed by atoms with Crippen molar-refractivity contribution in [2.24, 2.45) is 0 Å². The molecule has 0 heterocycles. The quantitative estimate of drug-likeness (QED) is 0.394. The van der Waals surface area contributed by atoms with Gasteiger partial charge in [0.1, 0.15) is 12.6 Å². The summed E-state index contributed by atoms with van der Waals surface area (Å²) in [6.45, 7) is 5.29. The summed E-state index contributed by atoms with van der Waals surface area (Å²) in [6, 6.07) is 24.1. The molecule has 7 nitrogen and oxygen atoms in total. The lowest BCUT2D eigenvalue weighted by atomic mass is 10.0. The molecule has 38 heavy (non-hydrogen) atoms. The molecule has 9 heteroatoms. The van der Waals surface area contributed by atoms with E-state index in [1.165, 1.54) is 4.90 Å². The molecule has 0 aromatic heterocycles. The van der Waals surface area contributed by atoms with Crippen molar-refractivity contribution in [3.63, 3.8) is 0 Å². The molecule has 0 saturated heterocycles. The number of benzene rings is 3. The van der Waals surface area contributed by atoms with Crippen LogP contribution in [0.3, 0.4) is 0 Å². The van der Waals surface area contributed by atoms with Crippen LogP contribution >= 0.6 is 11.6 Å². The highest BCUT2D eigenvalue weighted by molar-refractivity contribution is 7.92. The van der Waals surface area contributed by atoms with Crippen LogP contribution in [0.2, 0.25) is 5.02 Å². The van der Waals surface area contributed by atoms with Gasteiger partial charge in [0, 0.05) is 23.5 Å². The van der Waals surface area contributed by atoms with Crippen LogP contribution in [0.4, 0.5) is 5.69 Å². The number of carbonyl (C=O) groups is 2. The topological polar surface area (TPSA) is 86.8 Å². The highest BCUT2D eigenvalue weighted by Crippen LogP contribution is 2.22. The van der Waals surface area contributed by atoms with E-state index in [1.807, 2.05) is 81.4 Å². The molecule has 0 bridgehead atoms. The summed E-state index contributed by atoms with van der Waals surface area (Å²) in [4.78, 5) is 29.1. The number of carbonyl (C=O) groups excluding carboxylic acids is 2. The smallest absolute Gasteiger partial charge is 0.244 e. The zero-order valence-corrected chi connectivity index (χ0v) is 23.7. The van der Waals surface area contributed by atoms with Crippen LogP contribution < -0.4 is 9.62 Å². The van der Waals surface area contributed by atoms with Gasteiger partial charge in [-0.3, -0.25) is 13.9 Å². The molecule has 0 fully saturated rings. The van der Waals surface area contributed by atoms with Gasteiger partial charge in [-0.15, -0.1) is 0 Å². The van der Waals surface area contributed by atoms with Gasteiger partial charge < -0.3 is 10.2 Å². The maximum absolute atomic E-state index is 14.0. The molecule has 3 aromatic rings. The highest BCUT2D eigenvalue weighted by atomic mass is 35.5. The van der Waals surface area contributed by atoms with Crippen molar-refractivity contribution in [1.82, 2.24) is 10.2 Å².